The largest absolute Gasteiger partial charge is 0.487 e. The van der Waals surface area contributed by atoms with Crippen molar-refractivity contribution in [3.63, 3.8) is 0 Å². The monoisotopic (exact) mass is 392 g/mol. The summed E-state index contributed by atoms with van der Waals surface area (Å²) < 4.78 is 43.8. The molecule has 3 rings (SSSR count). The highest BCUT2D eigenvalue weighted by molar-refractivity contribution is 5.92. The predicted molar refractivity (Wildman–Crippen MR) is 98.9 cm³/mol. The first-order chi connectivity index (χ1) is 13.1. The van der Waals surface area contributed by atoms with Gasteiger partial charge in [0.15, 0.2) is 0 Å². The summed E-state index contributed by atoms with van der Waals surface area (Å²) in [5, 5.41) is 0. The molecule has 150 valence electrons. The number of likely N-dealkylation sites (tertiary alicyclic amines) is 1. The molecular weight excluding hydrogens is 369 g/mol. The van der Waals surface area contributed by atoms with Crippen molar-refractivity contribution in [2.24, 2.45) is 5.41 Å². The second-order valence-corrected chi connectivity index (χ2v) is 7.82. The van der Waals surface area contributed by atoms with Crippen molar-refractivity contribution in [1.82, 2.24) is 9.88 Å². The lowest BCUT2D eigenvalue weighted by molar-refractivity contribution is -0.137. The standard InChI is InChI=1S/C21H23F3N2O2/c1-20(2)10-5-11-26(14-20)19(27)18-9-4-7-16(25-18)13-28-17-8-3-6-15(12-17)21(22,23)24/h3-4,6-9,12H,5,10-11,13-14H2,1-2H3. The fraction of sp³-hybridized carbons (Fsp3) is 0.429. The molecule has 2 aromatic rings. The Morgan fingerprint density at radius 3 is 2.68 bits per heavy atom. The van der Waals surface area contributed by atoms with Crippen LogP contribution < -0.4 is 4.74 Å². The summed E-state index contributed by atoms with van der Waals surface area (Å²) in [7, 11) is 0. The smallest absolute Gasteiger partial charge is 0.416 e. The first-order valence-corrected chi connectivity index (χ1v) is 9.19. The second-order valence-electron chi connectivity index (χ2n) is 7.82. The summed E-state index contributed by atoms with van der Waals surface area (Å²) in [6, 6.07) is 9.74. The summed E-state index contributed by atoms with van der Waals surface area (Å²) in [6.45, 7) is 5.64. The van der Waals surface area contributed by atoms with Crippen LogP contribution in [0.5, 0.6) is 5.75 Å². The molecule has 7 heteroatoms. The zero-order valence-corrected chi connectivity index (χ0v) is 15.9. The summed E-state index contributed by atoms with van der Waals surface area (Å²) in [4.78, 5) is 18.9. The van der Waals surface area contributed by atoms with Gasteiger partial charge >= 0.3 is 6.18 Å². The maximum Gasteiger partial charge on any atom is 0.416 e. The molecule has 1 amide bonds. The van der Waals surface area contributed by atoms with Crippen LogP contribution in [-0.2, 0) is 12.8 Å². The second kappa shape index (κ2) is 7.81. The lowest BCUT2D eigenvalue weighted by atomic mass is 9.84. The number of pyridine rings is 1. The van der Waals surface area contributed by atoms with Crippen molar-refractivity contribution in [3.8, 4) is 5.75 Å². The lowest BCUT2D eigenvalue weighted by Crippen LogP contribution is -2.43. The number of carbonyl (C=O) groups excluding carboxylic acids is 1. The molecule has 4 nitrogen and oxygen atoms in total. The topological polar surface area (TPSA) is 42.4 Å². The fourth-order valence-corrected chi connectivity index (χ4v) is 3.36. The molecular formula is C21H23F3N2O2. The number of hydrogen-bond donors (Lipinski definition) is 0. The van der Waals surface area contributed by atoms with Crippen LogP contribution in [0.25, 0.3) is 0 Å². The third-order valence-electron chi connectivity index (χ3n) is 4.76. The number of halogens is 3. The predicted octanol–water partition coefficient (Wildman–Crippen LogP) is 4.94. The van der Waals surface area contributed by atoms with Gasteiger partial charge in [-0.2, -0.15) is 13.2 Å². The van der Waals surface area contributed by atoms with E-state index in [4.69, 9.17) is 4.74 Å². The van der Waals surface area contributed by atoms with Gasteiger partial charge in [0.25, 0.3) is 5.91 Å². The molecule has 0 unspecified atom stereocenters. The average molecular weight is 392 g/mol. The Labute approximate surface area is 162 Å². The van der Waals surface area contributed by atoms with Crippen LogP contribution in [0.3, 0.4) is 0 Å². The van der Waals surface area contributed by atoms with Crippen molar-refractivity contribution >= 4 is 5.91 Å². The number of ether oxygens (including phenoxy) is 1. The van der Waals surface area contributed by atoms with E-state index >= 15 is 0 Å². The summed E-state index contributed by atoms with van der Waals surface area (Å²) in [5.41, 5.74) is 0.120. The highest BCUT2D eigenvalue weighted by Gasteiger charge is 2.31. The molecule has 0 aliphatic carbocycles. The molecule has 0 spiro atoms. The molecule has 1 aliphatic rings. The number of rotatable bonds is 4. The number of amides is 1. The van der Waals surface area contributed by atoms with Gasteiger partial charge in [0, 0.05) is 13.1 Å². The Hall–Kier alpha value is -2.57. The van der Waals surface area contributed by atoms with Gasteiger partial charge in [0.2, 0.25) is 0 Å². The average Bonchev–Trinajstić information content (AvgIpc) is 2.65. The number of hydrogen-bond acceptors (Lipinski definition) is 3. The highest BCUT2D eigenvalue weighted by Crippen LogP contribution is 2.31. The van der Waals surface area contributed by atoms with E-state index in [-0.39, 0.29) is 23.7 Å². The van der Waals surface area contributed by atoms with Crippen LogP contribution in [0.4, 0.5) is 13.2 Å². The van der Waals surface area contributed by atoms with Crippen molar-refractivity contribution in [2.45, 2.75) is 39.5 Å². The van der Waals surface area contributed by atoms with E-state index in [1.165, 1.54) is 12.1 Å². The van der Waals surface area contributed by atoms with E-state index < -0.39 is 11.7 Å². The minimum Gasteiger partial charge on any atom is -0.487 e. The third kappa shape index (κ3) is 5.03. The first-order valence-electron chi connectivity index (χ1n) is 9.19. The van der Waals surface area contributed by atoms with Crippen molar-refractivity contribution in [3.05, 3.63) is 59.4 Å². The first kappa shape index (κ1) is 20.2. The summed E-state index contributed by atoms with van der Waals surface area (Å²) in [6.07, 6.45) is -2.39. The number of carbonyl (C=O) groups is 1. The molecule has 2 heterocycles. The van der Waals surface area contributed by atoms with Crippen LogP contribution in [-0.4, -0.2) is 28.9 Å². The van der Waals surface area contributed by atoms with Crippen LogP contribution in [0.15, 0.2) is 42.5 Å². The Bertz CT molecular complexity index is 850. The van der Waals surface area contributed by atoms with Crippen molar-refractivity contribution in [1.29, 1.82) is 0 Å². The minimum atomic E-state index is -4.42. The van der Waals surface area contributed by atoms with Gasteiger partial charge in [0.1, 0.15) is 18.1 Å². The van der Waals surface area contributed by atoms with Crippen LogP contribution in [0, 0.1) is 5.41 Å². The molecule has 28 heavy (non-hydrogen) atoms. The zero-order chi connectivity index (χ0) is 20.4. The van der Waals surface area contributed by atoms with Crippen molar-refractivity contribution < 1.29 is 22.7 Å². The molecule has 1 aromatic heterocycles. The van der Waals surface area contributed by atoms with E-state index in [1.54, 1.807) is 18.2 Å². The normalized spacial score (nSPS) is 16.7. The molecule has 0 saturated carbocycles. The van der Waals surface area contributed by atoms with Crippen LogP contribution >= 0.6 is 0 Å². The van der Waals surface area contributed by atoms with Gasteiger partial charge in [-0.15, -0.1) is 0 Å². The minimum absolute atomic E-state index is 0.0199. The van der Waals surface area contributed by atoms with Gasteiger partial charge in [-0.3, -0.25) is 4.79 Å². The number of benzene rings is 1. The van der Waals surface area contributed by atoms with Gasteiger partial charge in [-0.05, 0) is 48.6 Å². The number of alkyl halides is 3. The van der Waals surface area contributed by atoms with E-state index in [0.29, 0.717) is 24.5 Å². The molecule has 1 aliphatic heterocycles. The van der Waals surface area contributed by atoms with Gasteiger partial charge in [-0.1, -0.05) is 26.0 Å². The third-order valence-corrected chi connectivity index (χ3v) is 4.76. The van der Waals surface area contributed by atoms with Crippen molar-refractivity contribution in [2.75, 3.05) is 13.1 Å². The Kier molecular flexibility index (Phi) is 5.63. The zero-order valence-electron chi connectivity index (χ0n) is 15.9. The molecule has 1 saturated heterocycles. The maximum absolute atomic E-state index is 12.8. The number of aromatic nitrogens is 1. The molecule has 0 radical (unpaired) electrons. The SMILES string of the molecule is CC1(C)CCCN(C(=O)c2cccc(COc3cccc(C(F)(F)F)c3)n2)C1. The molecule has 0 bridgehead atoms. The quantitative estimate of drug-likeness (QED) is 0.740. The number of nitrogens with zero attached hydrogens (tertiary/aromatic N) is 2. The van der Waals surface area contributed by atoms with Gasteiger partial charge in [0.05, 0.1) is 11.3 Å². The summed E-state index contributed by atoms with van der Waals surface area (Å²) in [5.74, 6) is -0.0279. The lowest BCUT2D eigenvalue weighted by Gasteiger charge is -2.37. The highest BCUT2D eigenvalue weighted by atomic mass is 19.4. The van der Waals surface area contributed by atoms with Crippen LogP contribution in [0.1, 0.15) is 48.4 Å². The molecule has 1 fully saturated rings. The van der Waals surface area contributed by atoms with E-state index in [2.05, 4.69) is 18.8 Å². The summed E-state index contributed by atoms with van der Waals surface area (Å²) >= 11 is 0. The van der Waals surface area contributed by atoms with E-state index in [1.807, 2.05) is 4.90 Å². The number of piperidine rings is 1. The molecule has 0 N–H and O–H groups in total. The maximum atomic E-state index is 12.8. The van der Waals surface area contributed by atoms with Crippen LogP contribution in [0.2, 0.25) is 0 Å². The van der Waals surface area contributed by atoms with E-state index in [0.717, 1.165) is 25.0 Å². The Morgan fingerprint density at radius 2 is 1.96 bits per heavy atom. The fourth-order valence-electron chi connectivity index (χ4n) is 3.36. The van der Waals surface area contributed by atoms with E-state index in [9.17, 15) is 18.0 Å². The van der Waals surface area contributed by atoms with Gasteiger partial charge in [-0.25, -0.2) is 4.98 Å². The van der Waals surface area contributed by atoms with Gasteiger partial charge < -0.3 is 9.64 Å². The Balaban J connectivity index is 1.68. The molecule has 0 atom stereocenters. The molecule has 1 aromatic carbocycles. The Morgan fingerprint density at radius 1 is 1.21 bits per heavy atom.